The number of rotatable bonds is 5. The van der Waals surface area contributed by atoms with Gasteiger partial charge in [0.1, 0.15) is 0 Å². The van der Waals surface area contributed by atoms with Crippen LogP contribution >= 0.6 is 15.9 Å². The van der Waals surface area contributed by atoms with Crippen molar-refractivity contribution >= 4 is 26.0 Å². The molecule has 0 amide bonds. The minimum Gasteiger partial charge on any atom is -0.329 e. The molecule has 1 aromatic carbocycles. The summed E-state index contributed by atoms with van der Waals surface area (Å²) in [5.41, 5.74) is 6.09. The van der Waals surface area contributed by atoms with Crippen molar-refractivity contribution in [3.8, 4) is 0 Å². The number of nitrogens with two attached hydrogens (primary N) is 1. The van der Waals surface area contributed by atoms with E-state index in [0.29, 0.717) is 6.54 Å². The van der Waals surface area contributed by atoms with Gasteiger partial charge in [-0.15, -0.1) is 0 Å². The molecule has 0 saturated heterocycles. The van der Waals surface area contributed by atoms with Gasteiger partial charge >= 0.3 is 0 Å². The zero-order valence-electron chi connectivity index (χ0n) is 8.11. The molecular weight excluding hydrogens is 280 g/mol. The first kappa shape index (κ1) is 12.6. The summed E-state index contributed by atoms with van der Waals surface area (Å²) in [6.07, 6.45) is 0. The summed E-state index contributed by atoms with van der Waals surface area (Å²) in [5, 5.41) is 0. The van der Waals surface area contributed by atoms with Gasteiger partial charge in [-0.1, -0.05) is 28.1 Å². The van der Waals surface area contributed by atoms with Crippen molar-refractivity contribution in [3.63, 3.8) is 0 Å². The van der Waals surface area contributed by atoms with Crippen molar-refractivity contribution in [1.82, 2.24) is 4.72 Å². The predicted octanol–water partition coefficient (Wildman–Crippen LogP) is 0.827. The summed E-state index contributed by atoms with van der Waals surface area (Å²) in [4.78, 5) is 0. The number of halogens is 1. The molecule has 0 aromatic heterocycles. The van der Waals surface area contributed by atoms with E-state index < -0.39 is 10.0 Å². The van der Waals surface area contributed by atoms with Crippen LogP contribution in [0.25, 0.3) is 0 Å². The minimum absolute atomic E-state index is 0.0407. The predicted molar refractivity (Wildman–Crippen MR) is 63.8 cm³/mol. The van der Waals surface area contributed by atoms with Crippen LogP contribution in [0.15, 0.2) is 28.7 Å². The van der Waals surface area contributed by atoms with E-state index in [9.17, 15) is 8.42 Å². The molecule has 0 aliphatic rings. The Bertz CT molecular complexity index is 420. The lowest BCUT2D eigenvalue weighted by Gasteiger charge is -2.05. The van der Waals surface area contributed by atoms with Gasteiger partial charge in [-0.3, -0.25) is 0 Å². The molecule has 6 heteroatoms. The molecule has 0 fully saturated rings. The van der Waals surface area contributed by atoms with E-state index in [0.717, 1.165) is 10.0 Å². The normalized spacial score (nSPS) is 11.6. The molecule has 1 aromatic rings. The highest BCUT2D eigenvalue weighted by molar-refractivity contribution is 9.10. The Kier molecular flexibility index (Phi) is 4.72. The van der Waals surface area contributed by atoms with E-state index in [1.165, 1.54) is 0 Å². The number of hydrogen-bond donors (Lipinski definition) is 2. The second-order valence-electron chi connectivity index (χ2n) is 3.06. The maximum Gasteiger partial charge on any atom is 0.213 e. The second kappa shape index (κ2) is 5.60. The van der Waals surface area contributed by atoms with Crippen molar-refractivity contribution in [2.45, 2.75) is 6.54 Å². The van der Waals surface area contributed by atoms with Gasteiger partial charge in [0.05, 0.1) is 5.75 Å². The summed E-state index contributed by atoms with van der Waals surface area (Å²) in [6.45, 7) is 0.426. The molecule has 4 nitrogen and oxygen atoms in total. The Hall–Kier alpha value is -0.430. The molecule has 1 rings (SSSR count). The Morgan fingerprint density at radius 1 is 1.40 bits per heavy atom. The Balaban J connectivity index is 2.58. The lowest BCUT2D eigenvalue weighted by molar-refractivity contribution is 0.581. The van der Waals surface area contributed by atoms with Gasteiger partial charge in [-0.2, -0.15) is 0 Å². The van der Waals surface area contributed by atoms with Crippen LogP contribution in [-0.4, -0.2) is 20.7 Å². The summed E-state index contributed by atoms with van der Waals surface area (Å²) in [6, 6.07) is 7.47. The van der Waals surface area contributed by atoms with Crippen LogP contribution in [0.3, 0.4) is 0 Å². The Morgan fingerprint density at radius 3 is 2.73 bits per heavy atom. The average molecular weight is 293 g/mol. The SMILES string of the molecule is NCCS(=O)(=O)NCc1cccc(Br)c1. The van der Waals surface area contributed by atoms with Gasteiger partial charge in [0, 0.05) is 17.6 Å². The van der Waals surface area contributed by atoms with Crippen molar-refractivity contribution in [1.29, 1.82) is 0 Å². The smallest absolute Gasteiger partial charge is 0.213 e. The summed E-state index contributed by atoms with van der Waals surface area (Å²) < 4.78 is 26.0. The lowest BCUT2D eigenvalue weighted by Crippen LogP contribution is -2.29. The van der Waals surface area contributed by atoms with Gasteiger partial charge in [0.2, 0.25) is 10.0 Å². The van der Waals surface area contributed by atoms with Gasteiger partial charge in [-0.25, -0.2) is 13.1 Å². The highest BCUT2D eigenvalue weighted by atomic mass is 79.9. The maximum absolute atomic E-state index is 11.3. The molecular formula is C9H13BrN2O2S. The van der Waals surface area contributed by atoms with E-state index in [4.69, 9.17) is 5.73 Å². The van der Waals surface area contributed by atoms with Gasteiger partial charge in [0.25, 0.3) is 0 Å². The van der Waals surface area contributed by atoms with Crippen LogP contribution in [0.2, 0.25) is 0 Å². The van der Waals surface area contributed by atoms with Crippen molar-refractivity contribution in [2.24, 2.45) is 5.73 Å². The third-order valence-corrected chi connectivity index (χ3v) is 3.62. The third-order valence-electron chi connectivity index (χ3n) is 1.77. The van der Waals surface area contributed by atoms with Gasteiger partial charge in [-0.05, 0) is 17.7 Å². The molecule has 0 unspecified atom stereocenters. The molecule has 0 bridgehead atoms. The summed E-state index contributed by atoms with van der Waals surface area (Å²) in [7, 11) is -3.23. The topological polar surface area (TPSA) is 72.2 Å². The fraction of sp³-hybridized carbons (Fsp3) is 0.333. The molecule has 0 aliphatic carbocycles. The zero-order chi connectivity index (χ0) is 11.3. The van der Waals surface area contributed by atoms with Crippen molar-refractivity contribution in [2.75, 3.05) is 12.3 Å². The van der Waals surface area contributed by atoms with E-state index in [1.807, 2.05) is 24.3 Å². The van der Waals surface area contributed by atoms with E-state index in [-0.39, 0.29) is 12.3 Å². The molecule has 0 aliphatic heterocycles. The van der Waals surface area contributed by atoms with Gasteiger partial charge < -0.3 is 5.73 Å². The first-order chi connectivity index (χ1) is 7.03. The first-order valence-electron chi connectivity index (χ1n) is 4.45. The van der Waals surface area contributed by atoms with E-state index in [1.54, 1.807) is 0 Å². The quantitative estimate of drug-likeness (QED) is 0.844. The molecule has 0 spiro atoms. The van der Waals surface area contributed by atoms with Gasteiger partial charge in [0.15, 0.2) is 0 Å². The molecule has 3 N–H and O–H groups in total. The zero-order valence-corrected chi connectivity index (χ0v) is 10.5. The number of nitrogens with one attached hydrogen (secondary N) is 1. The van der Waals surface area contributed by atoms with Crippen molar-refractivity contribution < 1.29 is 8.42 Å². The molecule has 0 radical (unpaired) electrons. The fourth-order valence-electron chi connectivity index (χ4n) is 1.07. The summed E-state index contributed by atoms with van der Waals surface area (Å²) in [5.74, 6) is -0.0407. The lowest BCUT2D eigenvalue weighted by atomic mass is 10.2. The molecule has 84 valence electrons. The first-order valence-corrected chi connectivity index (χ1v) is 6.90. The van der Waals surface area contributed by atoms with Crippen molar-refractivity contribution in [3.05, 3.63) is 34.3 Å². The average Bonchev–Trinajstić information content (AvgIpc) is 2.15. The van der Waals surface area contributed by atoms with Crippen LogP contribution in [0.4, 0.5) is 0 Å². The van der Waals surface area contributed by atoms with Crippen LogP contribution < -0.4 is 10.5 Å². The molecule has 0 atom stereocenters. The van der Waals surface area contributed by atoms with E-state index in [2.05, 4.69) is 20.7 Å². The maximum atomic E-state index is 11.3. The van der Waals surface area contributed by atoms with Crippen LogP contribution in [-0.2, 0) is 16.6 Å². The Labute approximate surface area is 98.0 Å². The van der Waals surface area contributed by atoms with Crippen LogP contribution in [0, 0.1) is 0 Å². The number of hydrogen-bond acceptors (Lipinski definition) is 3. The number of benzene rings is 1. The molecule has 0 heterocycles. The standard InChI is InChI=1S/C9H13BrN2O2S/c10-9-3-1-2-8(6-9)7-12-15(13,14)5-4-11/h1-3,6,12H,4-5,7,11H2. The van der Waals surface area contributed by atoms with Crippen LogP contribution in [0.5, 0.6) is 0 Å². The molecule has 15 heavy (non-hydrogen) atoms. The van der Waals surface area contributed by atoms with E-state index >= 15 is 0 Å². The second-order valence-corrected chi connectivity index (χ2v) is 5.90. The minimum atomic E-state index is -3.23. The monoisotopic (exact) mass is 292 g/mol. The highest BCUT2D eigenvalue weighted by Gasteiger charge is 2.07. The highest BCUT2D eigenvalue weighted by Crippen LogP contribution is 2.11. The fourth-order valence-corrected chi connectivity index (χ4v) is 2.36. The summed E-state index contributed by atoms with van der Waals surface area (Å²) >= 11 is 3.32. The third kappa shape index (κ3) is 4.74. The van der Waals surface area contributed by atoms with Crippen LogP contribution in [0.1, 0.15) is 5.56 Å². The Morgan fingerprint density at radius 2 is 2.13 bits per heavy atom. The number of sulfonamides is 1. The largest absolute Gasteiger partial charge is 0.329 e. The molecule has 0 saturated carbocycles.